The van der Waals surface area contributed by atoms with E-state index in [-0.39, 0.29) is 37.6 Å². The molecule has 0 unspecified atom stereocenters. The fourth-order valence-electron chi connectivity index (χ4n) is 6.71. The first-order chi connectivity index (χ1) is 25.2. The van der Waals surface area contributed by atoms with E-state index in [2.05, 4.69) is 12.1 Å². The molecule has 1 N–H and O–H groups in total. The zero-order valence-electron chi connectivity index (χ0n) is 29.8. The smallest absolute Gasteiger partial charge is 0.407 e. The van der Waals surface area contributed by atoms with E-state index in [1.165, 1.54) is 4.90 Å². The van der Waals surface area contributed by atoms with Gasteiger partial charge in [-0.1, -0.05) is 41.4 Å². The van der Waals surface area contributed by atoms with Crippen LogP contribution in [0, 0.1) is 24.2 Å². The van der Waals surface area contributed by atoms with Gasteiger partial charge in [-0.25, -0.2) is 4.79 Å². The molecule has 0 bridgehead atoms. The Morgan fingerprint density at radius 1 is 0.904 bits per heavy atom. The molecule has 5 rings (SSSR count). The predicted molar refractivity (Wildman–Crippen MR) is 200 cm³/mol. The van der Waals surface area contributed by atoms with Gasteiger partial charge in [0, 0.05) is 45.8 Å². The first kappa shape index (κ1) is 39.0. The number of carboxylic acid groups (broad SMARTS) is 1. The number of carbonyl (C=O) groups excluding carboxylic acids is 1. The Balaban J connectivity index is 1.29. The zero-order chi connectivity index (χ0) is 37.0. The summed E-state index contributed by atoms with van der Waals surface area (Å²) in [5, 5.41) is 19.7. The van der Waals surface area contributed by atoms with Crippen LogP contribution in [0.2, 0.25) is 10.0 Å². The number of piperidine rings is 1. The van der Waals surface area contributed by atoms with Crippen molar-refractivity contribution in [3.63, 3.8) is 0 Å². The molecule has 1 aliphatic carbocycles. The van der Waals surface area contributed by atoms with Crippen LogP contribution in [0.4, 0.5) is 4.79 Å². The number of nitrogens with zero attached hydrogens (tertiary/aromatic N) is 3. The minimum absolute atomic E-state index is 0.0365. The standard InChI is InChI=1S/C40H47Cl2N3O7/c1-27-20-36(41)38(37(42)21-27)52-19-18-51-32-11-7-30(8-12-32)34-13-15-44(40(47)48)26-35(34)39(46)45(31-9-10-31)25-29-22-28(6-5-16-49-2)23-33(24-29)50-17-4-3-14-43/h7-8,11-12,20-24,31,34-35H,3-6,9-10,13,15-19,25-26H2,1-2H3,(H,47,48)/t34-,35+/m1/s1. The van der Waals surface area contributed by atoms with Gasteiger partial charge in [0.2, 0.25) is 5.91 Å². The highest BCUT2D eigenvalue weighted by atomic mass is 35.5. The molecule has 1 saturated carbocycles. The Labute approximate surface area is 316 Å². The summed E-state index contributed by atoms with van der Waals surface area (Å²) in [6, 6.07) is 19.6. The molecular weight excluding hydrogens is 705 g/mol. The molecule has 1 heterocycles. The molecule has 1 aliphatic heterocycles. The molecule has 0 aromatic heterocycles. The average Bonchev–Trinajstić information content (AvgIpc) is 3.97. The first-order valence-corrected chi connectivity index (χ1v) is 18.6. The molecule has 1 saturated heterocycles. The molecule has 278 valence electrons. The summed E-state index contributed by atoms with van der Waals surface area (Å²) >= 11 is 12.6. The monoisotopic (exact) mass is 751 g/mol. The quantitative estimate of drug-likeness (QED) is 0.129. The lowest BCUT2D eigenvalue weighted by Gasteiger charge is -2.39. The third kappa shape index (κ3) is 10.9. The topological polar surface area (TPSA) is 122 Å². The Hall–Kier alpha value is -4.17. The molecule has 2 atom stereocenters. The largest absolute Gasteiger partial charge is 0.494 e. The highest BCUT2D eigenvalue weighted by Gasteiger charge is 2.42. The fraction of sp³-hybridized carbons (Fsp3) is 0.475. The van der Waals surface area contributed by atoms with Crippen molar-refractivity contribution in [1.29, 1.82) is 5.26 Å². The third-order valence-corrected chi connectivity index (χ3v) is 9.98. The lowest BCUT2D eigenvalue weighted by atomic mass is 9.79. The summed E-state index contributed by atoms with van der Waals surface area (Å²) in [6.07, 6.45) is 4.04. The van der Waals surface area contributed by atoms with Gasteiger partial charge in [-0.2, -0.15) is 5.26 Å². The number of hydrogen-bond donors (Lipinski definition) is 1. The van der Waals surface area contributed by atoms with E-state index in [0.29, 0.717) is 67.1 Å². The number of nitriles is 1. The van der Waals surface area contributed by atoms with E-state index in [1.807, 2.05) is 48.2 Å². The molecule has 2 fully saturated rings. The van der Waals surface area contributed by atoms with Gasteiger partial charge in [0.05, 0.1) is 28.6 Å². The van der Waals surface area contributed by atoms with Crippen molar-refractivity contribution in [1.82, 2.24) is 9.80 Å². The van der Waals surface area contributed by atoms with Gasteiger partial charge in [-0.3, -0.25) is 4.79 Å². The zero-order valence-corrected chi connectivity index (χ0v) is 31.3. The van der Waals surface area contributed by atoms with Crippen molar-refractivity contribution in [2.75, 3.05) is 46.6 Å². The van der Waals surface area contributed by atoms with Crippen LogP contribution in [0.3, 0.4) is 0 Å². The number of ether oxygens (including phenoxy) is 4. The van der Waals surface area contributed by atoms with Crippen molar-refractivity contribution < 1.29 is 33.6 Å². The summed E-state index contributed by atoms with van der Waals surface area (Å²) in [4.78, 5) is 30.0. The number of carbonyl (C=O) groups is 2. The molecule has 10 nitrogen and oxygen atoms in total. The summed E-state index contributed by atoms with van der Waals surface area (Å²) < 4.78 is 23.0. The number of rotatable bonds is 18. The molecule has 12 heteroatoms. The molecule has 3 aromatic carbocycles. The highest BCUT2D eigenvalue weighted by Crippen LogP contribution is 2.39. The minimum atomic E-state index is -1.02. The average molecular weight is 753 g/mol. The number of unbranched alkanes of at least 4 members (excludes halogenated alkanes) is 1. The Bertz CT molecular complexity index is 1690. The summed E-state index contributed by atoms with van der Waals surface area (Å²) in [5.41, 5.74) is 3.97. The number of aryl methyl sites for hydroxylation is 2. The maximum Gasteiger partial charge on any atom is 0.407 e. The Morgan fingerprint density at radius 3 is 2.27 bits per heavy atom. The van der Waals surface area contributed by atoms with Gasteiger partial charge < -0.3 is 33.9 Å². The summed E-state index contributed by atoms with van der Waals surface area (Å²) in [7, 11) is 1.68. The normalized spacial score (nSPS) is 16.9. The SMILES string of the molecule is COCCCc1cc(CN(C(=O)[C@H]2CN(C(=O)O)CC[C@@H]2c2ccc(OCCOc3c(Cl)cc(C)cc3Cl)cc2)C2CC2)cc(OCCCC#N)c1. The maximum absolute atomic E-state index is 14.6. The van der Waals surface area contributed by atoms with E-state index < -0.39 is 12.0 Å². The van der Waals surface area contributed by atoms with E-state index in [1.54, 1.807) is 19.2 Å². The van der Waals surface area contributed by atoms with Crippen LogP contribution in [0.1, 0.15) is 66.7 Å². The lowest BCUT2D eigenvalue weighted by molar-refractivity contribution is -0.139. The second kappa shape index (κ2) is 19.1. The number of likely N-dealkylation sites (tertiary alicyclic amines) is 1. The Kier molecular flexibility index (Phi) is 14.3. The number of benzene rings is 3. The van der Waals surface area contributed by atoms with Crippen molar-refractivity contribution >= 4 is 35.2 Å². The van der Waals surface area contributed by atoms with Gasteiger partial charge in [-0.05, 0) is 110 Å². The Morgan fingerprint density at radius 2 is 1.60 bits per heavy atom. The lowest BCUT2D eigenvalue weighted by Crippen LogP contribution is -2.49. The van der Waals surface area contributed by atoms with Crippen molar-refractivity contribution in [2.45, 2.75) is 70.4 Å². The van der Waals surface area contributed by atoms with Crippen LogP contribution in [0.15, 0.2) is 54.6 Å². The molecule has 0 radical (unpaired) electrons. The van der Waals surface area contributed by atoms with E-state index in [9.17, 15) is 14.7 Å². The van der Waals surface area contributed by atoms with Crippen LogP contribution < -0.4 is 14.2 Å². The van der Waals surface area contributed by atoms with Gasteiger partial charge >= 0.3 is 6.09 Å². The van der Waals surface area contributed by atoms with Crippen molar-refractivity contribution in [3.05, 3.63) is 86.9 Å². The van der Waals surface area contributed by atoms with Crippen LogP contribution in [0.5, 0.6) is 17.2 Å². The fourth-order valence-corrected chi connectivity index (χ4v) is 7.41. The highest BCUT2D eigenvalue weighted by molar-refractivity contribution is 6.37. The van der Waals surface area contributed by atoms with Crippen LogP contribution in [-0.4, -0.2) is 79.6 Å². The molecule has 2 amide bonds. The van der Waals surface area contributed by atoms with Gasteiger partial charge in [0.25, 0.3) is 0 Å². The first-order valence-electron chi connectivity index (χ1n) is 17.9. The number of hydrogen-bond acceptors (Lipinski definition) is 7. The second-order valence-corrected chi connectivity index (χ2v) is 14.3. The van der Waals surface area contributed by atoms with Crippen molar-refractivity contribution in [2.24, 2.45) is 5.92 Å². The number of halogens is 2. The molecule has 0 spiro atoms. The minimum Gasteiger partial charge on any atom is -0.494 e. The molecule has 2 aliphatic rings. The van der Waals surface area contributed by atoms with E-state index in [0.717, 1.165) is 53.7 Å². The molecule has 52 heavy (non-hydrogen) atoms. The summed E-state index contributed by atoms with van der Waals surface area (Å²) in [5.74, 6) is 1.05. The van der Waals surface area contributed by atoms with Gasteiger partial charge in [-0.15, -0.1) is 0 Å². The second-order valence-electron chi connectivity index (χ2n) is 13.4. The van der Waals surface area contributed by atoms with E-state index in [4.69, 9.17) is 47.4 Å². The van der Waals surface area contributed by atoms with Gasteiger partial charge in [0.15, 0.2) is 5.75 Å². The van der Waals surface area contributed by atoms with Crippen LogP contribution in [0.25, 0.3) is 0 Å². The van der Waals surface area contributed by atoms with E-state index >= 15 is 0 Å². The number of amides is 2. The number of methoxy groups -OCH3 is 1. The third-order valence-electron chi connectivity index (χ3n) is 9.42. The van der Waals surface area contributed by atoms with Crippen molar-refractivity contribution in [3.8, 4) is 23.3 Å². The van der Waals surface area contributed by atoms with Crippen LogP contribution >= 0.6 is 23.2 Å². The van der Waals surface area contributed by atoms with Gasteiger partial charge in [0.1, 0.15) is 24.7 Å². The maximum atomic E-state index is 14.6. The predicted octanol–water partition coefficient (Wildman–Crippen LogP) is 8.30. The summed E-state index contributed by atoms with van der Waals surface area (Å²) in [6.45, 7) is 4.38. The van der Waals surface area contributed by atoms with Crippen LogP contribution in [-0.2, 0) is 22.5 Å². The molecular formula is C40H47Cl2N3O7. The molecule has 3 aromatic rings.